The molecule has 0 aliphatic carbocycles. The van der Waals surface area contributed by atoms with Gasteiger partial charge in [-0.05, 0) is 19.4 Å². The average Bonchev–Trinajstić information content (AvgIpc) is 2.28. The van der Waals surface area contributed by atoms with Crippen molar-refractivity contribution in [3.8, 4) is 0 Å². The summed E-state index contributed by atoms with van der Waals surface area (Å²) in [5.41, 5.74) is 0.262. The first-order valence-corrected chi connectivity index (χ1v) is 7.41. The van der Waals surface area contributed by atoms with Gasteiger partial charge in [-0.2, -0.15) is 0 Å². The number of hydrogen-bond acceptors (Lipinski definition) is 2. The number of ether oxygens (including phenoxy) is 1. The molecule has 17 heavy (non-hydrogen) atoms. The molecule has 0 aromatic carbocycles. The molecule has 0 radical (unpaired) electrons. The fourth-order valence-corrected chi connectivity index (χ4v) is 1.81. The first-order valence-electron chi connectivity index (χ1n) is 7.41. The lowest BCUT2D eigenvalue weighted by molar-refractivity contribution is 0.0598. The van der Waals surface area contributed by atoms with Gasteiger partial charge in [0.15, 0.2) is 0 Å². The van der Waals surface area contributed by atoms with Crippen LogP contribution < -0.4 is 5.32 Å². The van der Waals surface area contributed by atoms with Crippen LogP contribution in [0.15, 0.2) is 0 Å². The predicted molar refractivity (Wildman–Crippen MR) is 76.5 cm³/mol. The van der Waals surface area contributed by atoms with Crippen molar-refractivity contribution in [2.75, 3.05) is 26.3 Å². The lowest BCUT2D eigenvalue weighted by atomic mass is 9.95. The summed E-state index contributed by atoms with van der Waals surface area (Å²) in [4.78, 5) is 0. The van der Waals surface area contributed by atoms with Gasteiger partial charge < -0.3 is 10.1 Å². The SMILES string of the molecule is CCCCCCCOCC(C)(C)CNCCC. The second-order valence-electron chi connectivity index (χ2n) is 5.81. The summed E-state index contributed by atoms with van der Waals surface area (Å²) < 4.78 is 5.77. The molecular formula is C15H33NO. The van der Waals surface area contributed by atoms with Crippen LogP contribution in [0.3, 0.4) is 0 Å². The summed E-state index contributed by atoms with van der Waals surface area (Å²) in [5, 5.41) is 3.46. The fourth-order valence-electron chi connectivity index (χ4n) is 1.81. The molecule has 0 aromatic heterocycles. The van der Waals surface area contributed by atoms with Gasteiger partial charge in [0.25, 0.3) is 0 Å². The van der Waals surface area contributed by atoms with Gasteiger partial charge in [0.2, 0.25) is 0 Å². The Kier molecular flexibility index (Phi) is 11.0. The van der Waals surface area contributed by atoms with Gasteiger partial charge >= 0.3 is 0 Å². The quantitative estimate of drug-likeness (QED) is 0.523. The molecule has 2 heteroatoms. The first-order chi connectivity index (χ1) is 8.12. The Labute approximate surface area is 109 Å². The van der Waals surface area contributed by atoms with E-state index in [0.717, 1.165) is 26.3 Å². The van der Waals surface area contributed by atoms with Crippen LogP contribution in [0.2, 0.25) is 0 Å². The van der Waals surface area contributed by atoms with Crippen LogP contribution in [-0.4, -0.2) is 26.3 Å². The molecule has 0 amide bonds. The standard InChI is InChI=1S/C15H33NO/c1-5-7-8-9-10-12-17-14-15(3,4)13-16-11-6-2/h16H,5-14H2,1-4H3. The van der Waals surface area contributed by atoms with E-state index in [1.165, 1.54) is 38.5 Å². The third kappa shape index (κ3) is 12.2. The van der Waals surface area contributed by atoms with Crippen molar-refractivity contribution in [1.82, 2.24) is 5.32 Å². The van der Waals surface area contributed by atoms with Crippen molar-refractivity contribution in [1.29, 1.82) is 0 Å². The summed E-state index contributed by atoms with van der Waals surface area (Å²) in [6, 6.07) is 0. The van der Waals surface area contributed by atoms with Gasteiger partial charge in [-0.1, -0.05) is 53.4 Å². The zero-order chi connectivity index (χ0) is 13.0. The Hall–Kier alpha value is -0.0800. The Morgan fingerprint density at radius 2 is 1.65 bits per heavy atom. The molecule has 0 unspecified atom stereocenters. The molecule has 0 aliphatic rings. The number of rotatable bonds is 12. The Bertz CT molecular complexity index is 157. The molecule has 1 N–H and O–H groups in total. The molecule has 2 nitrogen and oxygen atoms in total. The number of nitrogens with one attached hydrogen (secondary N) is 1. The van der Waals surface area contributed by atoms with E-state index in [0.29, 0.717) is 0 Å². The molecule has 0 rings (SSSR count). The van der Waals surface area contributed by atoms with Crippen molar-refractivity contribution < 1.29 is 4.74 Å². The Balaban J connectivity index is 3.32. The van der Waals surface area contributed by atoms with Crippen LogP contribution in [0.5, 0.6) is 0 Å². The van der Waals surface area contributed by atoms with E-state index in [2.05, 4.69) is 33.0 Å². The molecule has 0 aromatic rings. The van der Waals surface area contributed by atoms with Gasteiger partial charge in [-0.25, -0.2) is 0 Å². The third-order valence-electron chi connectivity index (χ3n) is 2.92. The molecule has 0 spiro atoms. The fraction of sp³-hybridized carbons (Fsp3) is 1.00. The average molecular weight is 243 g/mol. The minimum absolute atomic E-state index is 0.262. The minimum Gasteiger partial charge on any atom is -0.381 e. The largest absolute Gasteiger partial charge is 0.381 e. The minimum atomic E-state index is 0.262. The van der Waals surface area contributed by atoms with Gasteiger partial charge in [-0.15, -0.1) is 0 Å². The summed E-state index contributed by atoms with van der Waals surface area (Å²) in [5.74, 6) is 0. The van der Waals surface area contributed by atoms with Crippen LogP contribution >= 0.6 is 0 Å². The van der Waals surface area contributed by atoms with Crippen LogP contribution in [0, 0.1) is 5.41 Å². The highest BCUT2D eigenvalue weighted by molar-refractivity contribution is 4.70. The molecular weight excluding hydrogens is 210 g/mol. The first kappa shape index (κ1) is 16.9. The lowest BCUT2D eigenvalue weighted by Gasteiger charge is -2.24. The van der Waals surface area contributed by atoms with Crippen molar-refractivity contribution in [3.05, 3.63) is 0 Å². The maximum Gasteiger partial charge on any atom is 0.0529 e. The molecule has 0 aliphatic heterocycles. The van der Waals surface area contributed by atoms with E-state index in [4.69, 9.17) is 4.74 Å². The molecule has 0 saturated carbocycles. The van der Waals surface area contributed by atoms with Gasteiger partial charge in [0.1, 0.15) is 0 Å². The topological polar surface area (TPSA) is 21.3 Å². The Morgan fingerprint density at radius 3 is 2.29 bits per heavy atom. The maximum absolute atomic E-state index is 5.77. The highest BCUT2D eigenvalue weighted by Crippen LogP contribution is 2.14. The zero-order valence-corrected chi connectivity index (χ0v) is 12.5. The summed E-state index contributed by atoms with van der Waals surface area (Å²) in [7, 11) is 0. The molecule has 0 fully saturated rings. The predicted octanol–water partition coefficient (Wildman–Crippen LogP) is 4.00. The summed E-state index contributed by atoms with van der Waals surface area (Å²) in [6.07, 6.45) is 7.79. The molecule has 0 heterocycles. The van der Waals surface area contributed by atoms with Crippen molar-refractivity contribution >= 4 is 0 Å². The van der Waals surface area contributed by atoms with E-state index in [1.54, 1.807) is 0 Å². The van der Waals surface area contributed by atoms with E-state index < -0.39 is 0 Å². The van der Waals surface area contributed by atoms with Gasteiger partial charge in [0, 0.05) is 18.6 Å². The van der Waals surface area contributed by atoms with E-state index >= 15 is 0 Å². The maximum atomic E-state index is 5.77. The van der Waals surface area contributed by atoms with Crippen molar-refractivity contribution in [2.24, 2.45) is 5.41 Å². The summed E-state index contributed by atoms with van der Waals surface area (Å²) >= 11 is 0. The number of hydrogen-bond donors (Lipinski definition) is 1. The van der Waals surface area contributed by atoms with Crippen LogP contribution in [-0.2, 0) is 4.74 Å². The zero-order valence-electron chi connectivity index (χ0n) is 12.5. The third-order valence-corrected chi connectivity index (χ3v) is 2.92. The lowest BCUT2D eigenvalue weighted by Crippen LogP contribution is -2.33. The van der Waals surface area contributed by atoms with Gasteiger partial charge in [0.05, 0.1) is 6.61 Å². The van der Waals surface area contributed by atoms with Crippen molar-refractivity contribution in [3.63, 3.8) is 0 Å². The molecule has 0 atom stereocenters. The van der Waals surface area contributed by atoms with E-state index in [-0.39, 0.29) is 5.41 Å². The van der Waals surface area contributed by atoms with E-state index in [1.807, 2.05) is 0 Å². The van der Waals surface area contributed by atoms with E-state index in [9.17, 15) is 0 Å². The number of unbranched alkanes of at least 4 members (excludes halogenated alkanes) is 4. The molecule has 0 bridgehead atoms. The monoisotopic (exact) mass is 243 g/mol. The van der Waals surface area contributed by atoms with Crippen LogP contribution in [0.25, 0.3) is 0 Å². The smallest absolute Gasteiger partial charge is 0.0529 e. The normalized spacial score (nSPS) is 12.0. The van der Waals surface area contributed by atoms with Crippen LogP contribution in [0.1, 0.15) is 66.2 Å². The Morgan fingerprint density at radius 1 is 0.941 bits per heavy atom. The highest BCUT2D eigenvalue weighted by Gasteiger charge is 2.17. The highest BCUT2D eigenvalue weighted by atomic mass is 16.5. The summed E-state index contributed by atoms with van der Waals surface area (Å²) in [6.45, 7) is 13.0. The van der Waals surface area contributed by atoms with Crippen LogP contribution in [0.4, 0.5) is 0 Å². The van der Waals surface area contributed by atoms with Gasteiger partial charge in [-0.3, -0.25) is 0 Å². The second kappa shape index (κ2) is 11.0. The van der Waals surface area contributed by atoms with Crippen molar-refractivity contribution in [2.45, 2.75) is 66.2 Å². The second-order valence-corrected chi connectivity index (χ2v) is 5.81. The molecule has 104 valence electrons. The molecule has 0 saturated heterocycles.